The molecule has 0 spiro atoms. The number of ether oxygens (including phenoxy) is 1. The number of pyridine rings is 1. The standard InChI is InChI=1S/C13H11N5O2/c19-12(17-13-15-8-16-18-13)7-20-10-3-4-11-9(6-10)2-1-5-14-11/h1-6,8H,7H2,(H2,15,16,17,18,19). The SMILES string of the molecule is O=C(COc1ccc2ncccc2c1)Nc1ncn[nH]1. The summed E-state index contributed by atoms with van der Waals surface area (Å²) >= 11 is 0. The molecule has 0 saturated carbocycles. The fourth-order valence-electron chi connectivity index (χ4n) is 1.73. The van der Waals surface area contributed by atoms with Crippen molar-refractivity contribution in [2.45, 2.75) is 0 Å². The third kappa shape index (κ3) is 2.72. The second-order valence-corrected chi connectivity index (χ2v) is 4.03. The quantitative estimate of drug-likeness (QED) is 0.746. The Morgan fingerprint density at radius 2 is 2.25 bits per heavy atom. The van der Waals surface area contributed by atoms with Gasteiger partial charge < -0.3 is 4.74 Å². The summed E-state index contributed by atoms with van der Waals surface area (Å²) in [5.74, 6) is 0.590. The van der Waals surface area contributed by atoms with Crippen LogP contribution in [-0.4, -0.2) is 32.7 Å². The van der Waals surface area contributed by atoms with Crippen molar-refractivity contribution in [3.8, 4) is 5.75 Å². The molecule has 0 aliphatic heterocycles. The molecule has 20 heavy (non-hydrogen) atoms. The lowest BCUT2D eigenvalue weighted by Crippen LogP contribution is -2.20. The smallest absolute Gasteiger partial charge is 0.264 e. The Morgan fingerprint density at radius 1 is 1.30 bits per heavy atom. The van der Waals surface area contributed by atoms with Gasteiger partial charge in [0.2, 0.25) is 5.95 Å². The maximum atomic E-state index is 11.6. The molecule has 3 rings (SSSR count). The fourth-order valence-corrected chi connectivity index (χ4v) is 1.73. The molecule has 1 aromatic carbocycles. The van der Waals surface area contributed by atoms with Crippen LogP contribution in [0.1, 0.15) is 0 Å². The molecular formula is C13H11N5O2. The van der Waals surface area contributed by atoms with Gasteiger partial charge >= 0.3 is 0 Å². The number of fused-ring (bicyclic) bond motifs is 1. The van der Waals surface area contributed by atoms with Crippen LogP contribution in [0.25, 0.3) is 10.9 Å². The highest BCUT2D eigenvalue weighted by Crippen LogP contribution is 2.18. The van der Waals surface area contributed by atoms with Gasteiger partial charge in [-0.1, -0.05) is 6.07 Å². The maximum absolute atomic E-state index is 11.6. The highest BCUT2D eigenvalue weighted by atomic mass is 16.5. The molecular weight excluding hydrogens is 258 g/mol. The number of H-pyrrole nitrogens is 1. The zero-order valence-electron chi connectivity index (χ0n) is 10.4. The summed E-state index contributed by atoms with van der Waals surface area (Å²) in [6, 6.07) is 9.24. The highest BCUT2D eigenvalue weighted by molar-refractivity contribution is 5.90. The lowest BCUT2D eigenvalue weighted by atomic mass is 10.2. The second kappa shape index (κ2) is 5.35. The Bertz CT molecular complexity index is 726. The Labute approximate surface area is 114 Å². The first-order valence-electron chi connectivity index (χ1n) is 5.94. The minimum atomic E-state index is -0.312. The van der Waals surface area contributed by atoms with Crippen LogP contribution >= 0.6 is 0 Å². The van der Waals surface area contributed by atoms with Crippen LogP contribution in [-0.2, 0) is 4.79 Å². The van der Waals surface area contributed by atoms with Crippen LogP contribution in [0.4, 0.5) is 5.95 Å². The number of anilines is 1. The number of hydrogen-bond donors (Lipinski definition) is 2. The molecule has 0 aliphatic carbocycles. The number of amides is 1. The lowest BCUT2D eigenvalue weighted by molar-refractivity contribution is -0.118. The molecule has 0 radical (unpaired) electrons. The number of nitrogens with zero attached hydrogens (tertiary/aromatic N) is 3. The van der Waals surface area contributed by atoms with Crippen molar-refractivity contribution >= 4 is 22.8 Å². The third-order valence-electron chi connectivity index (χ3n) is 2.62. The van der Waals surface area contributed by atoms with Gasteiger partial charge in [0.15, 0.2) is 6.61 Å². The number of hydrogen-bond acceptors (Lipinski definition) is 5. The Morgan fingerprint density at radius 3 is 3.10 bits per heavy atom. The number of aromatic amines is 1. The van der Waals surface area contributed by atoms with Crippen molar-refractivity contribution < 1.29 is 9.53 Å². The summed E-state index contributed by atoms with van der Waals surface area (Å²) in [7, 11) is 0. The number of benzene rings is 1. The van der Waals surface area contributed by atoms with E-state index in [1.807, 2.05) is 24.3 Å². The van der Waals surface area contributed by atoms with Gasteiger partial charge in [-0.15, -0.1) is 0 Å². The zero-order valence-corrected chi connectivity index (χ0v) is 10.4. The zero-order chi connectivity index (χ0) is 13.8. The van der Waals surface area contributed by atoms with Gasteiger partial charge in [-0.25, -0.2) is 5.10 Å². The van der Waals surface area contributed by atoms with E-state index in [4.69, 9.17) is 4.74 Å². The van der Waals surface area contributed by atoms with E-state index >= 15 is 0 Å². The largest absolute Gasteiger partial charge is 0.484 e. The molecule has 1 amide bonds. The average Bonchev–Trinajstić information content (AvgIpc) is 2.98. The molecule has 7 nitrogen and oxygen atoms in total. The maximum Gasteiger partial charge on any atom is 0.264 e. The monoisotopic (exact) mass is 269 g/mol. The highest BCUT2D eigenvalue weighted by Gasteiger charge is 2.05. The Balaban J connectivity index is 1.63. The van der Waals surface area contributed by atoms with Crippen LogP contribution in [0.15, 0.2) is 42.9 Å². The van der Waals surface area contributed by atoms with Crippen LogP contribution in [0.3, 0.4) is 0 Å². The summed E-state index contributed by atoms with van der Waals surface area (Å²) in [6.07, 6.45) is 3.04. The topological polar surface area (TPSA) is 92.8 Å². The van der Waals surface area contributed by atoms with E-state index < -0.39 is 0 Å². The van der Waals surface area contributed by atoms with Gasteiger partial charge in [0.05, 0.1) is 5.52 Å². The molecule has 0 bridgehead atoms. The Hall–Kier alpha value is -2.96. The van der Waals surface area contributed by atoms with E-state index in [2.05, 4.69) is 25.5 Å². The molecule has 2 aromatic heterocycles. The average molecular weight is 269 g/mol. The summed E-state index contributed by atoms with van der Waals surface area (Å²) < 4.78 is 5.42. The first-order chi connectivity index (χ1) is 9.81. The van der Waals surface area contributed by atoms with Gasteiger partial charge in [0.1, 0.15) is 12.1 Å². The normalized spacial score (nSPS) is 10.4. The predicted octanol–water partition coefficient (Wildman–Crippen LogP) is 1.37. The van der Waals surface area contributed by atoms with Crippen molar-refractivity contribution in [2.24, 2.45) is 0 Å². The molecule has 0 aliphatic rings. The molecule has 2 N–H and O–H groups in total. The lowest BCUT2D eigenvalue weighted by Gasteiger charge is -2.06. The summed E-state index contributed by atoms with van der Waals surface area (Å²) in [5.41, 5.74) is 0.881. The Kier molecular flexibility index (Phi) is 3.24. The van der Waals surface area contributed by atoms with Crippen molar-refractivity contribution in [1.29, 1.82) is 0 Å². The number of carbonyl (C=O) groups is 1. The van der Waals surface area contributed by atoms with Crippen molar-refractivity contribution in [3.63, 3.8) is 0 Å². The van der Waals surface area contributed by atoms with Crippen LogP contribution in [0.5, 0.6) is 5.75 Å². The summed E-state index contributed by atoms with van der Waals surface area (Å²) in [5, 5.41) is 9.65. The molecule has 2 heterocycles. The van der Waals surface area contributed by atoms with Gasteiger partial charge in [0.25, 0.3) is 5.91 Å². The minimum absolute atomic E-state index is 0.105. The van der Waals surface area contributed by atoms with Gasteiger partial charge in [-0.2, -0.15) is 10.1 Å². The van der Waals surface area contributed by atoms with Crippen LogP contribution in [0.2, 0.25) is 0 Å². The minimum Gasteiger partial charge on any atom is -0.484 e. The summed E-state index contributed by atoms with van der Waals surface area (Å²) in [6.45, 7) is -0.105. The molecule has 0 unspecified atom stereocenters. The predicted molar refractivity (Wildman–Crippen MR) is 72.3 cm³/mol. The number of rotatable bonds is 4. The van der Waals surface area contributed by atoms with E-state index in [1.54, 1.807) is 12.3 Å². The van der Waals surface area contributed by atoms with E-state index in [1.165, 1.54) is 6.33 Å². The van der Waals surface area contributed by atoms with Crippen molar-refractivity contribution in [3.05, 3.63) is 42.9 Å². The van der Waals surface area contributed by atoms with Gasteiger partial charge in [0, 0.05) is 11.6 Å². The fraction of sp³-hybridized carbons (Fsp3) is 0.0769. The molecule has 3 aromatic rings. The van der Waals surface area contributed by atoms with Crippen LogP contribution in [0, 0.1) is 0 Å². The van der Waals surface area contributed by atoms with E-state index in [0.717, 1.165) is 10.9 Å². The van der Waals surface area contributed by atoms with Gasteiger partial charge in [-0.05, 0) is 24.3 Å². The first-order valence-corrected chi connectivity index (χ1v) is 5.94. The van der Waals surface area contributed by atoms with Crippen LogP contribution < -0.4 is 10.1 Å². The van der Waals surface area contributed by atoms with Crippen molar-refractivity contribution in [1.82, 2.24) is 20.2 Å². The van der Waals surface area contributed by atoms with Crippen molar-refractivity contribution in [2.75, 3.05) is 11.9 Å². The molecule has 0 atom stereocenters. The van der Waals surface area contributed by atoms with E-state index in [9.17, 15) is 4.79 Å². The first kappa shape index (κ1) is 12.1. The molecule has 100 valence electrons. The number of nitrogens with one attached hydrogen (secondary N) is 2. The third-order valence-corrected chi connectivity index (χ3v) is 2.62. The molecule has 0 saturated heterocycles. The molecule has 0 fully saturated rings. The van der Waals surface area contributed by atoms with Gasteiger partial charge in [-0.3, -0.25) is 15.1 Å². The number of carbonyl (C=O) groups excluding carboxylic acids is 1. The second-order valence-electron chi connectivity index (χ2n) is 4.03. The molecule has 7 heteroatoms. The number of aromatic nitrogens is 4. The summed E-state index contributed by atoms with van der Waals surface area (Å²) in [4.78, 5) is 19.6. The van der Waals surface area contributed by atoms with E-state index in [-0.39, 0.29) is 12.5 Å². The van der Waals surface area contributed by atoms with E-state index in [0.29, 0.717) is 11.7 Å².